The summed E-state index contributed by atoms with van der Waals surface area (Å²) in [4.78, 5) is 13.4. The summed E-state index contributed by atoms with van der Waals surface area (Å²) >= 11 is 0. The predicted octanol–water partition coefficient (Wildman–Crippen LogP) is 1.39. The highest BCUT2D eigenvalue weighted by molar-refractivity contribution is 7.92. The van der Waals surface area contributed by atoms with Crippen LogP contribution in [-0.4, -0.2) is 55.0 Å². The number of aliphatic carboxylic acids is 1. The molecule has 0 aromatic carbocycles. The van der Waals surface area contributed by atoms with E-state index in [4.69, 9.17) is 0 Å². The van der Waals surface area contributed by atoms with Crippen LogP contribution in [0.1, 0.15) is 40.0 Å². The molecular formula is C13H25NO4S. The van der Waals surface area contributed by atoms with Crippen LogP contribution in [0.3, 0.4) is 0 Å². The average molecular weight is 291 g/mol. The highest BCUT2D eigenvalue weighted by atomic mass is 32.2. The van der Waals surface area contributed by atoms with Gasteiger partial charge in [0.1, 0.15) is 0 Å². The second-order valence-electron chi connectivity index (χ2n) is 5.73. The van der Waals surface area contributed by atoms with E-state index in [0.29, 0.717) is 25.9 Å². The van der Waals surface area contributed by atoms with E-state index in [0.717, 1.165) is 13.0 Å². The van der Waals surface area contributed by atoms with Gasteiger partial charge in [0.25, 0.3) is 0 Å². The number of sulfone groups is 1. The Morgan fingerprint density at radius 1 is 1.42 bits per heavy atom. The first kappa shape index (κ1) is 16.4. The molecule has 5 nitrogen and oxygen atoms in total. The molecule has 0 bridgehead atoms. The lowest BCUT2D eigenvalue weighted by Gasteiger charge is -2.39. The topological polar surface area (TPSA) is 74.7 Å². The standard InChI is InChI=1S/C13H25NO4S/c1-4-13(12(15)16)6-5-7-14(10-13)8-9-19(17,18)11(2)3/h11H,4-10H2,1-3H3,(H,15,16). The number of hydrogen-bond donors (Lipinski definition) is 1. The van der Waals surface area contributed by atoms with E-state index >= 15 is 0 Å². The second-order valence-corrected chi connectivity index (χ2v) is 8.41. The molecule has 1 rings (SSSR count). The smallest absolute Gasteiger partial charge is 0.310 e. The first-order chi connectivity index (χ1) is 8.73. The zero-order valence-electron chi connectivity index (χ0n) is 12.1. The van der Waals surface area contributed by atoms with Crippen molar-refractivity contribution in [2.75, 3.05) is 25.4 Å². The zero-order valence-corrected chi connectivity index (χ0v) is 12.9. The van der Waals surface area contributed by atoms with Gasteiger partial charge in [0.05, 0.1) is 16.4 Å². The lowest BCUT2D eigenvalue weighted by molar-refractivity contribution is -0.152. The highest BCUT2D eigenvalue weighted by Crippen LogP contribution is 2.33. The average Bonchev–Trinajstić information content (AvgIpc) is 2.36. The van der Waals surface area contributed by atoms with Crippen molar-refractivity contribution < 1.29 is 18.3 Å². The fourth-order valence-electron chi connectivity index (χ4n) is 2.52. The maximum absolute atomic E-state index is 11.8. The summed E-state index contributed by atoms with van der Waals surface area (Å²) in [6.45, 7) is 6.95. The molecule has 0 amide bonds. The number of piperidine rings is 1. The van der Waals surface area contributed by atoms with Crippen LogP contribution in [0, 0.1) is 5.41 Å². The third-order valence-corrected chi connectivity index (χ3v) is 6.38. The summed E-state index contributed by atoms with van der Waals surface area (Å²) in [6, 6.07) is 0. The summed E-state index contributed by atoms with van der Waals surface area (Å²) in [5, 5.41) is 9.01. The minimum absolute atomic E-state index is 0.115. The van der Waals surface area contributed by atoms with Crippen molar-refractivity contribution in [3.8, 4) is 0 Å². The third-order valence-electron chi connectivity index (χ3n) is 4.20. The molecule has 0 aromatic rings. The van der Waals surface area contributed by atoms with Crippen molar-refractivity contribution in [1.29, 1.82) is 0 Å². The van der Waals surface area contributed by atoms with Crippen molar-refractivity contribution in [2.45, 2.75) is 45.3 Å². The van der Waals surface area contributed by atoms with Gasteiger partial charge in [-0.2, -0.15) is 0 Å². The lowest BCUT2D eigenvalue weighted by atomic mass is 9.78. The monoisotopic (exact) mass is 291 g/mol. The van der Waals surface area contributed by atoms with E-state index in [1.165, 1.54) is 0 Å². The maximum Gasteiger partial charge on any atom is 0.310 e. The molecule has 1 atom stereocenters. The van der Waals surface area contributed by atoms with E-state index in [2.05, 4.69) is 0 Å². The number of carboxylic acids is 1. The van der Waals surface area contributed by atoms with Crippen LogP contribution in [0.15, 0.2) is 0 Å². The zero-order chi connectivity index (χ0) is 14.7. The Kier molecular flexibility index (Phi) is 5.38. The Labute approximate surface area is 115 Å². The molecule has 1 aliphatic heterocycles. The highest BCUT2D eigenvalue weighted by Gasteiger charge is 2.40. The van der Waals surface area contributed by atoms with Crippen LogP contribution in [0.25, 0.3) is 0 Å². The van der Waals surface area contributed by atoms with Crippen molar-refractivity contribution in [3.05, 3.63) is 0 Å². The number of carbonyl (C=O) groups is 1. The quantitative estimate of drug-likeness (QED) is 0.800. The van der Waals surface area contributed by atoms with Gasteiger partial charge in [0.15, 0.2) is 9.84 Å². The Morgan fingerprint density at radius 3 is 2.53 bits per heavy atom. The van der Waals surface area contributed by atoms with Gasteiger partial charge in [-0.05, 0) is 39.7 Å². The largest absolute Gasteiger partial charge is 0.481 e. The van der Waals surface area contributed by atoms with Crippen molar-refractivity contribution in [3.63, 3.8) is 0 Å². The van der Waals surface area contributed by atoms with Gasteiger partial charge in [0, 0.05) is 13.1 Å². The molecule has 1 N–H and O–H groups in total. The van der Waals surface area contributed by atoms with E-state index in [9.17, 15) is 18.3 Å². The molecule has 1 saturated heterocycles. The molecule has 1 aliphatic rings. The van der Waals surface area contributed by atoms with E-state index in [-0.39, 0.29) is 11.0 Å². The van der Waals surface area contributed by atoms with Gasteiger partial charge in [-0.3, -0.25) is 4.79 Å². The molecule has 112 valence electrons. The lowest BCUT2D eigenvalue weighted by Crippen LogP contribution is -2.48. The molecule has 19 heavy (non-hydrogen) atoms. The number of carboxylic acid groups (broad SMARTS) is 1. The molecule has 1 fully saturated rings. The van der Waals surface area contributed by atoms with E-state index < -0.39 is 21.2 Å². The fraction of sp³-hybridized carbons (Fsp3) is 0.923. The summed E-state index contributed by atoms with van der Waals surface area (Å²) in [5.74, 6) is -0.643. The molecular weight excluding hydrogens is 266 g/mol. The Balaban J connectivity index is 2.64. The molecule has 0 aromatic heterocycles. The van der Waals surface area contributed by atoms with Crippen molar-refractivity contribution in [1.82, 2.24) is 4.90 Å². The van der Waals surface area contributed by atoms with Crippen LogP contribution in [0.2, 0.25) is 0 Å². The minimum atomic E-state index is -3.05. The summed E-state index contributed by atoms with van der Waals surface area (Å²) in [7, 11) is -3.05. The van der Waals surface area contributed by atoms with Gasteiger partial charge < -0.3 is 10.0 Å². The molecule has 1 heterocycles. The van der Waals surface area contributed by atoms with Crippen LogP contribution >= 0.6 is 0 Å². The second kappa shape index (κ2) is 6.22. The Hall–Kier alpha value is -0.620. The molecule has 6 heteroatoms. The minimum Gasteiger partial charge on any atom is -0.481 e. The number of nitrogens with zero attached hydrogens (tertiary/aromatic N) is 1. The fourth-order valence-corrected chi connectivity index (χ4v) is 3.51. The van der Waals surface area contributed by atoms with Gasteiger partial charge in [0.2, 0.25) is 0 Å². The summed E-state index contributed by atoms with van der Waals surface area (Å²) < 4.78 is 23.6. The van der Waals surface area contributed by atoms with Gasteiger partial charge >= 0.3 is 5.97 Å². The van der Waals surface area contributed by atoms with Crippen LogP contribution in [0.5, 0.6) is 0 Å². The van der Waals surface area contributed by atoms with Crippen LogP contribution < -0.4 is 0 Å². The molecule has 0 aliphatic carbocycles. The van der Waals surface area contributed by atoms with Gasteiger partial charge in [-0.15, -0.1) is 0 Å². The number of likely N-dealkylation sites (tertiary alicyclic amines) is 1. The summed E-state index contributed by atoms with van der Waals surface area (Å²) in [5.41, 5.74) is -0.695. The molecule has 1 unspecified atom stereocenters. The third kappa shape index (κ3) is 3.92. The van der Waals surface area contributed by atoms with E-state index in [1.54, 1.807) is 13.8 Å². The Bertz CT molecular complexity index is 418. The molecule has 0 radical (unpaired) electrons. The number of rotatable bonds is 6. The van der Waals surface area contributed by atoms with Gasteiger partial charge in [-0.1, -0.05) is 6.92 Å². The van der Waals surface area contributed by atoms with E-state index in [1.807, 2.05) is 11.8 Å². The predicted molar refractivity (Wildman–Crippen MR) is 75.0 cm³/mol. The summed E-state index contributed by atoms with van der Waals surface area (Å²) in [6.07, 6.45) is 2.10. The van der Waals surface area contributed by atoms with Gasteiger partial charge in [-0.25, -0.2) is 8.42 Å². The normalized spacial score (nSPS) is 25.7. The van der Waals surface area contributed by atoms with Crippen molar-refractivity contribution in [2.24, 2.45) is 5.41 Å². The maximum atomic E-state index is 11.8. The first-order valence-electron chi connectivity index (χ1n) is 6.91. The van der Waals surface area contributed by atoms with Crippen molar-refractivity contribution >= 4 is 15.8 Å². The number of hydrogen-bond acceptors (Lipinski definition) is 4. The van der Waals surface area contributed by atoms with Crippen LogP contribution in [-0.2, 0) is 14.6 Å². The SMILES string of the molecule is CCC1(C(=O)O)CCCN(CCS(=O)(=O)C(C)C)C1. The first-order valence-corrected chi connectivity index (χ1v) is 8.62. The van der Waals surface area contributed by atoms with Crippen LogP contribution in [0.4, 0.5) is 0 Å². The Morgan fingerprint density at radius 2 is 2.05 bits per heavy atom. The molecule has 0 saturated carbocycles. The molecule has 0 spiro atoms.